The van der Waals surface area contributed by atoms with E-state index in [4.69, 9.17) is 38.1 Å². The van der Waals surface area contributed by atoms with E-state index in [0.717, 1.165) is 16.8 Å². The summed E-state index contributed by atoms with van der Waals surface area (Å²) in [6.45, 7) is 2.53. The summed E-state index contributed by atoms with van der Waals surface area (Å²) < 4.78 is 12.6. The van der Waals surface area contributed by atoms with E-state index < -0.39 is 5.91 Å². The fourth-order valence-electron chi connectivity index (χ4n) is 3.94. The number of fused-ring (bicyclic) bond motifs is 1. The maximum atomic E-state index is 12.9. The number of ether oxygens (including phenoxy) is 2. The summed E-state index contributed by atoms with van der Waals surface area (Å²) in [5.74, 6) is 0.602. The zero-order chi connectivity index (χ0) is 26.8. The van der Waals surface area contributed by atoms with E-state index in [0.29, 0.717) is 43.4 Å². The van der Waals surface area contributed by atoms with Gasteiger partial charge in [0, 0.05) is 5.41 Å². The Morgan fingerprint density at radius 1 is 1.08 bits per heavy atom. The predicted molar refractivity (Wildman–Crippen MR) is 158 cm³/mol. The number of nitrogens with one attached hydrogen (secondary N) is 1. The first-order chi connectivity index (χ1) is 18.4. The molecule has 2 aliphatic heterocycles. The summed E-state index contributed by atoms with van der Waals surface area (Å²) >= 11 is 17.1. The molecule has 0 saturated heterocycles. The van der Waals surface area contributed by atoms with E-state index in [-0.39, 0.29) is 18.0 Å². The second-order valence-corrected chi connectivity index (χ2v) is 10.7. The molecule has 0 spiro atoms. The van der Waals surface area contributed by atoms with Gasteiger partial charge in [-0.05, 0) is 69.9 Å². The van der Waals surface area contributed by atoms with Gasteiger partial charge in [-0.25, -0.2) is 0 Å². The standard InChI is InChI=1S/C28H20BrCl2N3O3S/c1-2-36-24-13-17(11-20(29)25(24)37-14-16-8-9-21(30)22(31)12-16)10-19-26(32)34-23(18-6-4-3-5-7-18)15-38-28(34)33-27(19)35/h3-13,15,32H,2,14H2,1H3/b19-10-,32-26?. The lowest BCUT2D eigenvalue weighted by Gasteiger charge is -2.27. The Hall–Kier alpha value is -3.04. The van der Waals surface area contributed by atoms with Crippen LogP contribution in [0.3, 0.4) is 0 Å². The summed E-state index contributed by atoms with van der Waals surface area (Å²) in [7, 11) is 0. The summed E-state index contributed by atoms with van der Waals surface area (Å²) in [5.41, 5.74) is 3.43. The van der Waals surface area contributed by atoms with Gasteiger partial charge in [0.15, 0.2) is 16.7 Å². The van der Waals surface area contributed by atoms with Gasteiger partial charge in [-0.1, -0.05) is 71.4 Å². The van der Waals surface area contributed by atoms with Crippen LogP contribution >= 0.6 is 50.9 Å². The summed E-state index contributed by atoms with van der Waals surface area (Å²) in [5, 5.41) is 12.2. The van der Waals surface area contributed by atoms with Crippen LogP contribution in [0.5, 0.6) is 11.5 Å². The zero-order valence-corrected chi connectivity index (χ0v) is 23.9. The van der Waals surface area contributed by atoms with Crippen molar-refractivity contribution in [3.63, 3.8) is 0 Å². The monoisotopic (exact) mass is 627 g/mol. The minimum absolute atomic E-state index is 0.0640. The van der Waals surface area contributed by atoms with Crippen molar-refractivity contribution in [3.05, 3.63) is 103 Å². The van der Waals surface area contributed by atoms with Gasteiger partial charge in [0.25, 0.3) is 5.91 Å². The molecule has 3 aromatic rings. The lowest BCUT2D eigenvalue weighted by Crippen LogP contribution is -2.38. The predicted octanol–water partition coefficient (Wildman–Crippen LogP) is 8.04. The number of rotatable bonds is 7. The number of benzene rings is 3. The summed E-state index contributed by atoms with van der Waals surface area (Å²) in [6, 6.07) is 18.6. The highest BCUT2D eigenvalue weighted by atomic mass is 79.9. The molecule has 0 atom stereocenters. The molecule has 0 aromatic heterocycles. The molecule has 10 heteroatoms. The molecule has 1 amide bonds. The van der Waals surface area contributed by atoms with Crippen LogP contribution in [0.1, 0.15) is 23.6 Å². The van der Waals surface area contributed by atoms with Gasteiger partial charge in [0.2, 0.25) is 0 Å². The Labute approximate surface area is 242 Å². The van der Waals surface area contributed by atoms with Crippen molar-refractivity contribution >= 4 is 79.6 Å². The Morgan fingerprint density at radius 2 is 1.87 bits per heavy atom. The highest BCUT2D eigenvalue weighted by molar-refractivity contribution is 9.10. The average molecular weight is 629 g/mol. The fraction of sp³-hybridized carbons (Fsp3) is 0.107. The highest BCUT2D eigenvalue weighted by Crippen LogP contribution is 2.40. The van der Waals surface area contributed by atoms with Crippen LogP contribution in [0, 0.1) is 5.41 Å². The third-order valence-corrected chi connectivity index (χ3v) is 7.85. The largest absolute Gasteiger partial charge is 0.490 e. The minimum atomic E-state index is -0.467. The lowest BCUT2D eigenvalue weighted by molar-refractivity contribution is -0.114. The normalized spacial score (nSPS) is 15.9. The van der Waals surface area contributed by atoms with E-state index in [2.05, 4.69) is 20.9 Å². The Morgan fingerprint density at radius 3 is 2.61 bits per heavy atom. The average Bonchev–Trinajstić information content (AvgIpc) is 3.32. The van der Waals surface area contributed by atoms with E-state index in [9.17, 15) is 4.79 Å². The quantitative estimate of drug-likeness (QED) is 0.268. The van der Waals surface area contributed by atoms with Crippen LogP contribution in [0.4, 0.5) is 0 Å². The summed E-state index contributed by atoms with van der Waals surface area (Å²) in [6.07, 6.45) is 1.65. The van der Waals surface area contributed by atoms with Gasteiger partial charge in [0.05, 0.1) is 32.4 Å². The number of amidine groups is 2. The van der Waals surface area contributed by atoms with Crippen LogP contribution in [0.25, 0.3) is 11.8 Å². The molecule has 0 radical (unpaired) electrons. The van der Waals surface area contributed by atoms with Crippen molar-refractivity contribution in [2.24, 2.45) is 4.99 Å². The molecule has 2 aliphatic rings. The van der Waals surface area contributed by atoms with Crippen molar-refractivity contribution in [3.8, 4) is 11.5 Å². The molecule has 3 aromatic carbocycles. The zero-order valence-electron chi connectivity index (χ0n) is 20.0. The van der Waals surface area contributed by atoms with E-state index in [1.807, 2.05) is 54.8 Å². The molecule has 6 nitrogen and oxygen atoms in total. The number of amides is 1. The number of halogens is 3. The molecule has 0 bridgehead atoms. The molecule has 192 valence electrons. The first-order valence-corrected chi connectivity index (χ1v) is 14.0. The van der Waals surface area contributed by atoms with Gasteiger partial charge in [-0.15, -0.1) is 0 Å². The van der Waals surface area contributed by atoms with Crippen LogP contribution in [-0.4, -0.2) is 28.4 Å². The summed E-state index contributed by atoms with van der Waals surface area (Å²) in [4.78, 5) is 18.9. The van der Waals surface area contributed by atoms with Gasteiger partial charge < -0.3 is 9.47 Å². The van der Waals surface area contributed by atoms with Gasteiger partial charge in [-0.2, -0.15) is 4.99 Å². The molecule has 0 unspecified atom stereocenters. The van der Waals surface area contributed by atoms with Gasteiger partial charge in [-0.3, -0.25) is 15.1 Å². The van der Waals surface area contributed by atoms with Crippen LogP contribution < -0.4 is 9.47 Å². The number of nitrogens with zero attached hydrogens (tertiary/aromatic N) is 2. The van der Waals surface area contributed by atoms with Gasteiger partial charge >= 0.3 is 0 Å². The number of hydrogen-bond acceptors (Lipinski definition) is 5. The molecule has 38 heavy (non-hydrogen) atoms. The number of thioether (sulfide) groups is 1. The third kappa shape index (κ3) is 5.40. The van der Waals surface area contributed by atoms with E-state index in [1.54, 1.807) is 29.2 Å². The second kappa shape index (κ2) is 11.4. The topological polar surface area (TPSA) is 75.0 Å². The molecule has 0 fully saturated rings. The number of hydrogen-bond donors (Lipinski definition) is 1. The van der Waals surface area contributed by atoms with E-state index >= 15 is 0 Å². The maximum absolute atomic E-state index is 12.9. The number of carbonyl (C=O) groups is 1. The Bertz CT molecular complexity index is 1540. The minimum Gasteiger partial charge on any atom is -0.490 e. The molecular weight excluding hydrogens is 609 g/mol. The highest BCUT2D eigenvalue weighted by Gasteiger charge is 2.36. The molecule has 0 saturated carbocycles. The molecule has 2 heterocycles. The van der Waals surface area contributed by atoms with E-state index in [1.165, 1.54) is 11.8 Å². The molecule has 0 aliphatic carbocycles. The molecule has 1 N–H and O–H groups in total. The number of carbonyl (C=O) groups excluding carboxylic acids is 1. The van der Waals surface area contributed by atoms with Crippen molar-refractivity contribution in [1.29, 1.82) is 5.41 Å². The van der Waals surface area contributed by atoms with Crippen LogP contribution in [0.15, 0.2) is 81.1 Å². The SMILES string of the molecule is CCOc1cc(/C=C2/C(=N)N3C(c4ccccc4)=CSC3=NC2=O)cc(Br)c1OCc1ccc(Cl)c(Cl)c1. The first kappa shape index (κ1) is 26.6. The Balaban J connectivity index is 1.44. The Kier molecular flexibility index (Phi) is 7.95. The van der Waals surface area contributed by atoms with Crippen LogP contribution in [-0.2, 0) is 11.4 Å². The lowest BCUT2D eigenvalue weighted by atomic mass is 10.1. The third-order valence-electron chi connectivity index (χ3n) is 5.69. The second-order valence-electron chi connectivity index (χ2n) is 8.23. The van der Waals surface area contributed by atoms with Crippen molar-refractivity contribution in [2.75, 3.05) is 6.61 Å². The van der Waals surface area contributed by atoms with Crippen molar-refractivity contribution < 1.29 is 14.3 Å². The first-order valence-electron chi connectivity index (χ1n) is 11.5. The maximum Gasteiger partial charge on any atom is 0.283 e. The van der Waals surface area contributed by atoms with Crippen molar-refractivity contribution in [1.82, 2.24) is 4.90 Å². The number of aliphatic imine (C=N–C) groups is 1. The fourth-order valence-corrected chi connectivity index (χ4v) is 5.72. The van der Waals surface area contributed by atoms with Crippen molar-refractivity contribution in [2.45, 2.75) is 13.5 Å². The molecular formula is C28H20BrCl2N3O3S. The van der Waals surface area contributed by atoms with Gasteiger partial charge in [0.1, 0.15) is 12.4 Å². The molecule has 5 rings (SSSR count). The smallest absolute Gasteiger partial charge is 0.283 e. The van der Waals surface area contributed by atoms with Crippen LogP contribution in [0.2, 0.25) is 10.0 Å².